The molecule has 0 aliphatic rings. The number of hydrogen-bond donors (Lipinski definition) is 2. The second kappa shape index (κ2) is 6.20. The van der Waals surface area contributed by atoms with Crippen molar-refractivity contribution in [1.29, 1.82) is 0 Å². The molecular formula is C13H19BrN2O2. The monoisotopic (exact) mass is 314 g/mol. The third-order valence-corrected chi connectivity index (χ3v) is 3.80. The van der Waals surface area contributed by atoms with Gasteiger partial charge in [-0.25, -0.2) is 0 Å². The van der Waals surface area contributed by atoms with E-state index in [1.165, 1.54) is 0 Å². The molecule has 100 valence electrons. The SMILES string of the molecule is CCC(N)(CC)COc1ccc(C(N)=O)c(Br)c1. The molecule has 0 radical (unpaired) electrons. The summed E-state index contributed by atoms with van der Waals surface area (Å²) in [6.07, 6.45) is 1.70. The van der Waals surface area contributed by atoms with E-state index in [-0.39, 0.29) is 5.54 Å². The second-order valence-electron chi connectivity index (χ2n) is 4.36. The first-order valence-electron chi connectivity index (χ1n) is 5.93. The van der Waals surface area contributed by atoms with Gasteiger partial charge in [-0.1, -0.05) is 13.8 Å². The van der Waals surface area contributed by atoms with Crippen LogP contribution in [0.2, 0.25) is 0 Å². The summed E-state index contributed by atoms with van der Waals surface area (Å²) in [6.45, 7) is 4.53. The molecule has 1 rings (SSSR count). The molecule has 5 heteroatoms. The summed E-state index contributed by atoms with van der Waals surface area (Å²) < 4.78 is 6.29. The van der Waals surface area contributed by atoms with Gasteiger partial charge < -0.3 is 16.2 Å². The van der Waals surface area contributed by atoms with E-state index < -0.39 is 5.91 Å². The average molecular weight is 315 g/mol. The average Bonchev–Trinajstić information content (AvgIpc) is 2.35. The van der Waals surface area contributed by atoms with Crippen molar-refractivity contribution in [3.8, 4) is 5.75 Å². The van der Waals surface area contributed by atoms with Gasteiger partial charge in [-0.15, -0.1) is 0 Å². The number of carbonyl (C=O) groups is 1. The highest BCUT2D eigenvalue weighted by molar-refractivity contribution is 9.10. The zero-order valence-electron chi connectivity index (χ0n) is 10.7. The van der Waals surface area contributed by atoms with Gasteiger partial charge in [0.2, 0.25) is 5.91 Å². The first kappa shape index (κ1) is 15.0. The van der Waals surface area contributed by atoms with E-state index in [2.05, 4.69) is 15.9 Å². The van der Waals surface area contributed by atoms with Gasteiger partial charge in [0, 0.05) is 10.0 Å². The van der Waals surface area contributed by atoms with Crippen LogP contribution in [0.3, 0.4) is 0 Å². The van der Waals surface area contributed by atoms with Gasteiger partial charge in [0.25, 0.3) is 0 Å². The second-order valence-corrected chi connectivity index (χ2v) is 5.22. The fourth-order valence-electron chi connectivity index (χ4n) is 1.47. The summed E-state index contributed by atoms with van der Waals surface area (Å²) in [5, 5.41) is 0. The van der Waals surface area contributed by atoms with Crippen LogP contribution in [0.15, 0.2) is 22.7 Å². The lowest BCUT2D eigenvalue weighted by molar-refractivity contribution is 0.0999. The highest BCUT2D eigenvalue weighted by atomic mass is 79.9. The molecule has 0 saturated heterocycles. The van der Waals surface area contributed by atoms with Crippen molar-refractivity contribution in [2.24, 2.45) is 11.5 Å². The molecule has 0 heterocycles. The molecule has 0 unspecified atom stereocenters. The fraction of sp³-hybridized carbons (Fsp3) is 0.462. The van der Waals surface area contributed by atoms with E-state index >= 15 is 0 Å². The van der Waals surface area contributed by atoms with E-state index in [9.17, 15) is 4.79 Å². The molecule has 1 aromatic carbocycles. The molecule has 0 aliphatic heterocycles. The Balaban J connectivity index is 2.75. The Morgan fingerprint density at radius 1 is 1.39 bits per heavy atom. The minimum absolute atomic E-state index is 0.311. The Labute approximate surface area is 116 Å². The zero-order valence-corrected chi connectivity index (χ0v) is 12.3. The van der Waals surface area contributed by atoms with E-state index in [0.717, 1.165) is 12.8 Å². The van der Waals surface area contributed by atoms with Gasteiger partial charge in [0.1, 0.15) is 12.4 Å². The number of rotatable bonds is 6. The predicted octanol–water partition coefficient (Wildman–Crippen LogP) is 2.44. The van der Waals surface area contributed by atoms with Crippen LogP contribution in [-0.2, 0) is 0 Å². The number of carbonyl (C=O) groups excluding carboxylic acids is 1. The van der Waals surface area contributed by atoms with Crippen LogP contribution in [0.25, 0.3) is 0 Å². The number of primary amides is 1. The number of nitrogens with two attached hydrogens (primary N) is 2. The maximum Gasteiger partial charge on any atom is 0.249 e. The molecule has 0 bridgehead atoms. The molecule has 1 aromatic rings. The number of halogens is 1. The lowest BCUT2D eigenvalue weighted by Gasteiger charge is -2.26. The van der Waals surface area contributed by atoms with Crippen molar-refractivity contribution >= 4 is 21.8 Å². The Morgan fingerprint density at radius 2 is 2.00 bits per heavy atom. The third kappa shape index (κ3) is 3.71. The quantitative estimate of drug-likeness (QED) is 0.846. The van der Waals surface area contributed by atoms with Gasteiger partial charge in [-0.2, -0.15) is 0 Å². The summed E-state index contributed by atoms with van der Waals surface area (Å²) in [7, 11) is 0. The lowest BCUT2D eigenvalue weighted by atomic mass is 9.96. The van der Waals surface area contributed by atoms with Crippen LogP contribution in [0, 0.1) is 0 Å². The van der Waals surface area contributed by atoms with E-state index in [1.807, 2.05) is 13.8 Å². The first-order chi connectivity index (χ1) is 8.41. The Morgan fingerprint density at radius 3 is 2.44 bits per heavy atom. The van der Waals surface area contributed by atoms with Crippen molar-refractivity contribution in [3.05, 3.63) is 28.2 Å². The maximum atomic E-state index is 11.1. The first-order valence-corrected chi connectivity index (χ1v) is 6.72. The van der Waals surface area contributed by atoms with Crippen LogP contribution in [0.4, 0.5) is 0 Å². The van der Waals surface area contributed by atoms with Crippen LogP contribution >= 0.6 is 15.9 Å². The van der Waals surface area contributed by atoms with E-state index in [0.29, 0.717) is 22.4 Å². The Hall–Kier alpha value is -1.07. The van der Waals surface area contributed by atoms with Gasteiger partial charge in [0.15, 0.2) is 0 Å². The van der Waals surface area contributed by atoms with E-state index in [4.69, 9.17) is 16.2 Å². The maximum absolute atomic E-state index is 11.1. The zero-order chi connectivity index (χ0) is 13.8. The van der Waals surface area contributed by atoms with Crippen molar-refractivity contribution in [1.82, 2.24) is 0 Å². The smallest absolute Gasteiger partial charge is 0.249 e. The van der Waals surface area contributed by atoms with E-state index in [1.54, 1.807) is 18.2 Å². The molecule has 1 amide bonds. The Bertz CT molecular complexity index is 431. The molecule has 4 nitrogen and oxygen atoms in total. The van der Waals surface area contributed by atoms with Crippen LogP contribution in [0.1, 0.15) is 37.0 Å². The number of ether oxygens (including phenoxy) is 1. The molecule has 0 saturated carbocycles. The molecule has 18 heavy (non-hydrogen) atoms. The molecule has 0 aromatic heterocycles. The molecule has 0 spiro atoms. The number of benzene rings is 1. The van der Waals surface area contributed by atoms with Crippen molar-refractivity contribution < 1.29 is 9.53 Å². The predicted molar refractivity (Wildman–Crippen MR) is 75.7 cm³/mol. The van der Waals surface area contributed by atoms with Gasteiger partial charge in [0.05, 0.1) is 5.56 Å². The van der Waals surface area contributed by atoms with Crippen LogP contribution in [-0.4, -0.2) is 18.1 Å². The van der Waals surface area contributed by atoms with Crippen molar-refractivity contribution in [2.75, 3.05) is 6.61 Å². The normalized spacial score (nSPS) is 11.3. The summed E-state index contributed by atoms with van der Waals surface area (Å²) in [5.74, 6) is 0.201. The third-order valence-electron chi connectivity index (χ3n) is 3.14. The molecule has 4 N–H and O–H groups in total. The molecular weight excluding hydrogens is 296 g/mol. The van der Waals surface area contributed by atoms with Crippen LogP contribution < -0.4 is 16.2 Å². The summed E-state index contributed by atoms with van der Waals surface area (Å²) in [4.78, 5) is 11.1. The molecule has 0 atom stereocenters. The summed E-state index contributed by atoms with van der Waals surface area (Å²) in [5.41, 5.74) is 11.5. The highest BCUT2D eigenvalue weighted by Crippen LogP contribution is 2.24. The topological polar surface area (TPSA) is 78.3 Å². The van der Waals surface area contributed by atoms with Crippen molar-refractivity contribution in [3.63, 3.8) is 0 Å². The lowest BCUT2D eigenvalue weighted by Crippen LogP contribution is -2.44. The number of hydrogen-bond acceptors (Lipinski definition) is 3. The van der Waals surface area contributed by atoms with Gasteiger partial charge in [-0.05, 0) is 47.0 Å². The van der Waals surface area contributed by atoms with Gasteiger partial charge >= 0.3 is 0 Å². The largest absolute Gasteiger partial charge is 0.492 e. The molecule has 0 aliphatic carbocycles. The van der Waals surface area contributed by atoms with Gasteiger partial charge in [-0.3, -0.25) is 4.79 Å². The molecule has 0 fully saturated rings. The van der Waals surface area contributed by atoms with Crippen LogP contribution in [0.5, 0.6) is 5.75 Å². The number of amides is 1. The van der Waals surface area contributed by atoms with Crippen molar-refractivity contribution in [2.45, 2.75) is 32.2 Å². The summed E-state index contributed by atoms with van der Waals surface area (Å²) in [6, 6.07) is 5.08. The standard InChI is InChI=1S/C13H19BrN2O2/c1-3-13(16,4-2)8-18-9-5-6-10(12(15)17)11(14)7-9/h5-7H,3-4,8,16H2,1-2H3,(H2,15,17). The summed E-state index contributed by atoms with van der Waals surface area (Å²) >= 11 is 3.29. The minimum Gasteiger partial charge on any atom is -0.492 e. The fourth-order valence-corrected chi connectivity index (χ4v) is 2.02. The Kier molecular flexibility index (Phi) is 5.16. The minimum atomic E-state index is -0.469. The highest BCUT2D eigenvalue weighted by Gasteiger charge is 2.21.